The number of aliphatic hydroxyl groups excluding tert-OH is 1. The Balaban J connectivity index is 3.32. The zero-order valence-corrected chi connectivity index (χ0v) is 15.2. The first-order chi connectivity index (χ1) is 9.26. The lowest BCUT2D eigenvalue weighted by atomic mass is 10.2. The van der Waals surface area contributed by atoms with Gasteiger partial charge in [-0.05, 0) is 25.1 Å². The van der Waals surface area contributed by atoms with Crippen molar-refractivity contribution >= 4 is 18.2 Å². The van der Waals surface area contributed by atoms with E-state index in [4.69, 9.17) is 5.14 Å². The van der Waals surface area contributed by atoms with Crippen LogP contribution in [0.1, 0.15) is 27.7 Å². The fraction of sp³-hybridized carbons (Fsp3) is 0.750. The molecule has 0 fully saturated rings. The van der Waals surface area contributed by atoms with E-state index in [2.05, 4.69) is 9.13 Å². The van der Waals surface area contributed by atoms with Crippen LogP contribution in [0.5, 0.6) is 0 Å². The van der Waals surface area contributed by atoms with Crippen molar-refractivity contribution in [2.24, 2.45) is 9.17 Å². The molecule has 1 rings (SSSR count). The fourth-order valence-electron chi connectivity index (χ4n) is 1.46. The van der Waals surface area contributed by atoms with Crippen LogP contribution >= 0.6 is 0 Å². The Morgan fingerprint density at radius 1 is 1.57 bits per heavy atom. The maximum atomic E-state index is 14.0. The van der Waals surface area contributed by atoms with Crippen LogP contribution < -0.4 is 5.14 Å². The molecule has 21 heavy (non-hydrogen) atoms. The Hall–Kier alpha value is -0.773. The molecular weight excluding hydrogens is 311 g/mol. The highest BCUT2D eigenvalue weighted by Crippen LogP contribution is 2.37. The van der Waals surface area contributed by atoms with Crippen LogP contribution in [0.4, 0.5) is 4.39 Å². The molecule has 3 N–H and O–H groups in total. The quantitative estimate of drug-likeness (QED) is 0.825. The van der Waals surface area contributed by atoms with Gasteiger partial charge in [0.1, 0.15) is 9.92 Å². The largest absolute Gasteiger partial charge is 0.391 e. The first-order valence-electron chi connectivity index (χ1n) is 6.73. The van der Waals surface area contributed by atoms with Gasteiger partial charge in [0, 0.05) is 0 Å². The van der Waals surface area contributed by atoms with Gasteiger partial charge in [0.05, 0.1) is 18.8 Å². The minimum atomic E-state index is -3.40. The van der Waals surface area contributed by atoms with Crippen LogP contribution in [-0.2, 0) is 16.5 Å². The summed E-state index contributed by atoms with van der Waals surface area (Å²) in [7, 11) is -5.71. The van der Waals surface area contributed by atoms with Crippen molar-refractivity contribution in [3.63, 3.8) is 0 Å². The summed E-state index contributed by atoms with van der Waals surface area (Å²) in [5.74, 6) is -0.759. The van der Waals surface area contributed by atoms with E-state index in [9.17, 15) is 13.7 Å². The number of hydrogen-bond acceptors (Lipinski definition) is 4. The maximum Gasteiger partial charge on any atom is 0.206 e. The summed E-state index contributed by atoms with van der Waals surface area (Å²) in [6.45, 7) is 11.5. The van der Waals surface area contributed by atoms with E-state index in [-0.39, 0.29) is 16.6 Å². The molecule has 0 aliphatic heterocycles. The summed E-state index contributed by atoms with van der Waals surface area (Å²) in [5.41, 5.74) is 0. The monoisotopic (exact) mass is 336 g/mol. The van der Waals surface area contributed by atoms with E-state index in [1.54, 1.807) is 6.92 Å². The van der Waals surface area contributed by atoms with Crippen LogP contribution in [-0.4, -0.2) is 33.4 Å². The van der Waals surface area contributed by atoms with Gasteiger partial charge in [-0.3, -0.25) is 8.71 Å². The topological polar surface area (TPSA) is 93.5 Å². The summed E-state index contributed by atoms with van der Waals surface area (Å²) in [6, 6.07) is 0. The molecule has 9 heteroatoms. The normalized spacial score (nSPS) is 17.4. The van der Waals surface area contributed by atoms with E-state index in [0.717, 1.165) is 6.20 Å². The molecule has 0 spiro atoms. The second-order valence-corrected chi connectivity index (χ2v) is 13.7. The molecular formula is C12H25FN4O2SSi. The van der Waals surface area contributed by atoms with Crippen LogP contribution in [0.3, 0.4) is 0 Å². The minimum absolute atomic E-state index is 0.104. The van der Waals surface area contributed by atoms with Gasteiger partial charge in [-0.25, -0.2) is 13.7 Å². The highest BCUT2D eigenvalue weighted by molar-refractivity contribution is 7.92. The standard InChI is InChI=1S/C12H25FN4O2SSi/c1-9(18)7-17-8-10(13)11(15-17)20(14,19)16-21(5,6)12(2,3)4/h8-9,18H,7H2,1-6H3,(H2,14,16,19)/t9-,20?/m0/s1. The van der Waals surface area contributed by atoms with Gasteiger partial charge in [0.15, 0.2) is 14.1 Å². The molecule has 122 valence electrons. The third-order valence-electron chi connectivity index (χ3n) is 3.61. The molecule has 0 saturated heterocycles. The maximum absolute atomic E-state index is 14.0. The van der Waals surface area contributed by atoms with Crippen molar-refractivity contribution in [3.05, 3.63) is 12.0 Å². The van der Waals surface area contributed by atoms with Gasteiger partial charge < -0.3 is 5.11 Å². The Bertz CT molecular complexity index is 628. The summed E-state index contributed by atoms with van der Waals surface area (Å²) < 4.78 is 32.1. The summed E-state index contributed by atoms with van der Waals surface area (Å²) in [6.07, 6.45) is 0.388. The second kappa shape index (κ2) is 5.79. The van der Waals surface area contributed by atoms with Gasteiger partial charge in [-0.2, -0.15) is 5.10 Å². The summed E-state index contributed by atoms with van der Waals surface area (Å²) in [5, 5.41) is 18.5. The van der Waals surface area contributed by atoms with Gasteiger partial charge in [0.2, 0.25) is 5.03 Å². The van der Waals surface area contributed by atoms with Crippen LogP contribution in [0.2, 0.25) is 18.1 Å². The zero-order chi connectivity index (χ0) is 16.6. The Morgan fingerprint density at radius 2 is 2.10 bits per heavy atom. The smallest absolute Gasteiger partial charge is 0.206 e. The summed E-state index contributed by atoms with van der Waals surface area (Å²) in [4.78, 5) is 0. The van der Waals surface area contributed by atoms with Crippen molar-refractivity contribution in [3.8, 4) is 0 Å². The molecule has 0 aliphatic carbocycles. The molecule has 0 bridgehead atoms. The highest BCUT2D eigenvalue weighted by atomic mass is 32.2. The fourth-order valence-corrected chi connectivity index (χ4v) is 6.17. The van der Waals surface area contributed by atoms with Gasteiger partial charge >= 0.3 is 0 Å². The van der Waals surface area contributed by atoms with Crippen molar-refractivity contribution in [2.75, 3.05) is 0 Å². The predicted molar refractivity (Wildman–Crippen MR) is 84.1 cm³/mol. The molecule has 2 atom stereocenters. The molecule has 1 aromatic rings. The average molecular weight is 337 g/mol. The van der Waals surface area contributed by atoms with Crippen molar-refractivity contribution in [2.45, 2.75) is 63.5 Å². The lowest BCUT2D eigenvalue weighted by Crippen LogP contribution is -2.37. The molecule has 1 unspecified atom stereocenters. The molecule has 6 nitrogen and oxygen atoms in total. The molecule has 1 aromatic heterocycles. The van der Waals surface area contributed by atoms with E-state index >= 15 is 0 Å². The molecule has 0 saturated carbocycles. The number of nitrogens with two attached hydrogens (primary N) is 1. The van der Waals surface area contributed by atoms with Gasteiger partial charge in [-0.1, -0.05) is 20.8 Å². The van der Waals surface area contributed by atoms with Crippen molar-refractivity contribution in [1.29, 1.82) is 0 Å². The van der Waals surface area contributed by atoms with Crippen LogP contribution in [0.15, 0.2) is 15.3 Å². The molecule has 1 heterocycles. The Morgan fingerprint density at radius 3 is 2.52 bits per heavy atom. The number of hydrogen-bond donors (Lipinski definition) is 2. The third kappa shape index (κ3) is 4.35. The van der Waals surface area contributed by atoms with E-state index in [1.165, 1.54) is 4.68 Å². The number of aliphatic hydroxyl groups is 1. The first-order valence-corrected chi connectivity index (χ1v) is 11.3. The molecule has 0 radical (unpaired) electrons. The lowest BCUT2D eigenvalue weighted by Gasteiger charge is -2.32. The van der Waals surface area contributed by atoms with Crippen LogP contribution in [0.25, 0.3) is 0 Å². The number of rotatable bonds is 4. The zero-order valence-electron chi connectivity index (χ0n) is 13.4. The average Bonchev–Trinajstić information content (AvgIpc) is 2.55. The minimum Gasteiger partial charge on any atom is -0.391 e. The van der Waals surface area contributed by atoms with E-state index in [1.807, 2.05) is 33.9 Å². The number of nitrogens with zero attached hydrogens (tertiary/aromatic N) is 3. The first kappa shape index (κ1) is 18.3. The molecule has 0 aliphatic rings. The third-order valence-corrected chi connectivity index (χ3v) is 11.0. The van der Waals surface area contributed by atoms with Crippen molar-refractivity contribution in [1.82, 2.24) is 9.78 Å². The van der Waals surface area contributed by atoms with E-state index < -0.39 is 30.1 Å². The van der Waals surface area contributed by atoms with Crippen LogP contribution in [0, 0.1) is 5.82 Å². The molecule has 0 aromatic carbocycles. The lowest BCUT2D eigenvalue weighted by molar-refractivity contribution is 0.168. The molecule has 0 amide bonds. The Labute approximate surface area is 126 Å². The van der Waals surface area contributed by atoms with Gasteiger partial charge in [0.25, 0.3) is 0 Å². The predicted octanol–water partition coefficient (Wildman–Crippen LogP) is 2.11. The highest BCUT2D eigenvalue weighted by Gasteiger charge is 2.38. The van der Waals surface area contributed by atoms with E-state index in [0.29, 0.717) is 0 Å². The summed E-state index contributed by atoms with van der Waals surface area (Å²) >= 11 is 0. The number of aromatic nitrogens is 2. The number of halogens is 1. The Kier molecular flexibility index (Phi) is 5.04. The SMILES string of the molecule is C[C@H](O)Cn1cc(F)c(S(N)(=O)=N[Si](C)(C)C(C)(C)C)n1. The van der Waals surface area contributed by atoms with Crippen molar-refractivity contribution < 1.29 is 13.7 Å². The second-order valence-electron chi connectivity index (χ2n) is 6.82. The van der Waals surface area contributed by atoms with Gasteiger partial charge in [-0.15, -0.1) is 0 Å².